The highest BCUT2D eigenvalue weighted by atomic mass is 32.3. The van der Waals surface area contributed by atoms with Crippen LogP contribution in [-0.2, 0) is 29.3 Å². The normalized spacial score (nSPS) is 30.6. The molecule has 15 heteroatoms. The number of rotatable bonds is 8. The second-order valence-electron chi connectivity index (χ2n) is 5.54. The summed E-state index contributed by atoms with van der Waals surface area (Å²) in [4.78, 5) is 0. The lowest BCUT2D eigenvalue weighted by molar-refractivity contribution is -0.205. The van der Waals surface area contributed by atoms with Gasteiger partial charge >= 0.3 is 10.4 Å². The summed E-state index contributed by atoms with van der Waals surface area (Å²) < 4.78 is 61.2. The van der Waals surface area contributed by atoms with Crippen LogP contribution in [0.3, 0.4) is 0 Å². The van der Waals surface area contributed by atoms with E-state index in [2.05, 4.69) is 9.44 Å². The molecular weight excluding hydrogens is 430 g/mol. The van der Waals surface area contributed by atoms with Gasteiger partial charge in [0.2, 0.25) is 0 Å². The zero-order valence-corrected chi connectivity index (χ0v) is 16.5. The van der Waals surface area contributed by atoms with Gasteiger partial charge in [-0.05, 0) is 6.42 Å². The number of aliphatic hydroxyl groups excluding tert-OH is 4. The largest absolute Gasteiger partial charge is 0.466 e. The summed E-state index contributed by atoms with van der Waals surface area (Å²) in [5.41, 5.74) is -1.26. The Morgan fingerprint density at radius 1 is 1.19 bits per heavy atom. The van der Waals surface area contributed by atoms with Crippen LogP contribution in [0.1, 0.15) is 12.8 Å². The number of hydrogen-bond donors (Lipinski definition) is 5. The number of oxime groups is 1. The van der Waals surface area contributed by atoms with Gasteiger partial charge in [-0.1, -0.05) is 23.0 Å². The fourth-order valence-corrected chi connectivity index (χ4v) is 3.76. The molecule has 1 aliphatic heterocycles. The molecule has 0 radical (unpaired) electrons. The lowest BCUT2D eigenvalue weighted by Crippen LogP contribution is -2.57. The molecule has 158 valence electrons. The molecule has 0 saturated carbocycles. The summed E-state index contributed by atoms with van der Waals surface area (Å²) in [6.07, 6.45) is -3.78. The van der Waals surface area contributed by atoms with Crippen molar-refractivity contribution in [3.05, 3.63) is 11.5 Å². The van der Waals surface area contributed by atoms with Gasteiger partial charge in [0, 0.05) is 18.1 Å². The predicted molar refractivity (Wildman–Crippen MR) is 94.6 cm³/mol. The van der Waals surface area contributed by atoms with Crippen LogP contribution in [0.2, 0.25) is 0 Å². The Kier molecular flexibility index (Phi) is 9.10. The molecule has 5 N–H and O–H groups in total. The van der Waals surface area contributed by atoms with Crippen molar-refractivity contribution >= 4 is 37.0 Å². The van der Waals surface area contributed by atoms with E-state index < -0.39 is 56.7 Å². The monoisotopic (exact) mass is 451 g/mol. The molecule has 1 fully saturated rings. The van der Waals surface area contributed by atoms with E-state index >= 15 is 0 Å². The summed E-state index contributed by atoms with van der Waals surface area (Å²) >= 11 is 0.609. The van der Waals surface area contributed by atoms with Crippen molar-refractivity contribution in [3.8, 4) is 0 Å². The summed E-state index contributed by atoms with van der Waals surface area (Å²) in [7, 11) is -8.28. The maximum atomic E-state index is 11.0. The quantitative estimate of drug-likeness (QED) is 0.118. The van der Waals surface area contributed by atoms with Crippen molar-refractivity contribution in [2.45, 2.75) is 42.7 Å². The molecule has 0 bridgehead atoms. The fraction of sp³-hybridized carbons (Fsp3) is 0.750. The molecule has 0 aromatic rings. The minimum absolute atomic E-state index is 0.0682. The highest BCUT2D eigenvalue weighted by Gasteiger charge is 2.44. The standard InChI is InChI=1S/C12H21NO11S3/c1-26(18,19)5-3-2-4-8(13-24-27(20,21)22)25-12-11(17)10(16)9(15)7(6-14)23-12/h3,5,7,9-12,14-17H,2,4,6H2,1H3,(H,20,21,22)/b5-3+,13-8-/t7-,9-,10+,11-,12+/m1/s1. The Hall–Kier alpha value is -0.780. The van der Waals surface area contributed by atoms with Crippen LogP contribution >= 0.6 is 11.8 Å². The third kappa shape index (κ3) is 8.84. The summed E-state index contributed by atoms with van der Waals surface area (Å²) in [6, 6.07) is 0. The fourth-order valence-electron chi connectivity index (χ4n) is 1.96. The maximum absolute atomic E-state index is 11.0. The van der Waals surface area contributed by atoms with E-state index in [0.29, 0.717) is 11.8 Å². The predicted octanol–water partition coefficient (Wildman–Crippen LogP) is -2.01. The Morgan fingerprint density at radius 3 is 2.33 bits per heavy atom. The zero-order valence-electron chi connectivity index (χ0n) is 14.0. The number of sulfone groups is 1. The highest BCUT2D eigenvalue weighted by Crippen LogP contribution is 2.30. The van der Waals surface area contributed by atoms with Gasteiger partial charge in [-0.2, -0.15) is 8.42 Å². The van der Waals surface area contributed by atoms with Gasteiger partial charge in [-0.25, -0.2) is 12.7 Å². The van der Waals surface area contributed by atoms with E-state index in [-0.39, 0.29) is 17.9 Å². The van der Waals surface area contributed by atoms with Gasteiger partial charge in [0.05, 0.1) is 6.61 Å². The van der Waals surface area contributed by atoms with Crippen LogP contribution in [0, 0.1) is 0 Å². The Morgan fingerprint density at radius 2 is 1.81 bits per heavy atom. The first-order valence-corrected chi connectivity index (χ1v) is 11.6. The molecule has 0 spiro atoms. The number of aliphatic hydroxyl groups is 4. The maximum Gasteiger partial charge on any atom is 0.466 e. The molecule has 0 aromatic carbocycles. The summed E-state index contributed by atoms with van der Waals surface area (Å²) in [5.74, 6) is 0. The van der Waals surface area contributed by atoms with Gasteiger partial charge in [0.1, 0.15) is 34.9 Å². The third-order valence-corrected chi connectivity index (χ3v) is 5.32. The van der Waals surface area contributed by atoms with Crippen molar-refractivity contribution in [2.75, 3.05) is 12.9 Å². The van der Waals surface area contributed by atoms with Crippen molar-refractivity contribution in [1.29, 1.82) is 0 Å². The van der Waals surface area contributed by atoms with Gasteiger partial charge in [0.25, 0.3) is 0 Å². The Labute approximate surface area is 160 Å². The van der Waals surface area contributed by atoms with E-state index in [1.54, 1.807) is 0 Å². The van der Waals surface area contributed by atoms with Gasteiger partial charge in [0.15, 0.2) is 9.84 Å². The molecule has 0 aliphatic carbocycles. The lowest BCUT2D eigenvalue weighted by atomic mass is 10.0. The number of nitrogens with zero attached hydrogens (tertiary/aromatic N) is 1. The zero-order chi connectivity index (χ0) is 20.8. The Bertz CT molecular complexity index is 747. The highest BCUT2D eigenvalue weighted by molar-refractivity contribution is 8.14. The van der Waals surface area contributed by atoms with Crippen LogP contribution < -0.4 is 0 Å². The number of allylic oxidation sites excluding steroid dienone is 1. The van der Waals surface area contributed by atoms with E-state index in [9.17, 15) is 32.2 Å². The molecule has 0 amide bonds. The third-order valence-electron chi connectivity index (χ3n) is 3.20. The molecular formula is C12H21NO11S3. The lowest BCUT2D eigenvalue weighted by Gasteiger charge is -2.39. The van der Waals surface area contributed by atoms with Gasteiger partial charge < -0.3 is 25.2 Å². The van der Waals surface area contributed by atoms with E-state index in [0.717, 1.165) is 11.7 Å². The molecule has 5 atom stereocenters. The van der Waals surface area contributed by atoms with E-state index in [4.69, 9.17) is 14.4 Å². The summed E-state index contributed by atoms with van der Waals surface area (Å²) in [6.45, 7) is -0.660. The van der Waals surface area contributed by atoms with Crippen molar-refractivity contribution in [3.63, 3.8) is 0 Å². The molecule has 1 rings (SSSR count). The minimum atomic E-state index is -4.91. The number of thioether (sulfide) groups is 1. The van der Waals surface area contributed by atoms with Crippen molar-refractivity contribution < 1.29 is 50.8 Å². The van der Waals surface area contributed by atoms with Gasteiger partial charge in [-0.3, -0.25) is 4.55 Å². The molecule has 27 heavy (non-hydrogen) atoms. The molecule has 0 unspecified atom stereocenters. The summed E-state index contributed by atoms with van der Waals surface area (Å²) in [5, 5.41) is 42.6. The molecule has 1 saturated heterocycles. The van der Waals surface area contributed by atoms with Crippen LogP contribution in [0.25, 0.3) is 0 Å². The molecule has 0 aromatic heterocycles. The average molecular weight is 451 g/mol. The van der Waals surface area contributed by atoms with E-state index in [1.165, 1.54) is 6.08 Å². The average Bonchev–Trinajstić information content (AvgIpc) is 2.54. The smallest absolute Gasteiger partial charge is 0.394 e. The van der Waals surface area contributed by atoms with Gasteiger partial charge in [-0.15, -0.1) is 0 Å². The first kappa shape index (κ1) is 24.3. The SMILES string of the molecule is CS(=O)(=O)/C=C/CC/C(=N/OS(=O)(=O)O)S[C@@H]1O[C@H](CO)[C@@H](O)[C@H](O)[C@H]1O. The molecule has 1 aliphatic rings. The minimum Gasteiger partial charge on any atom is -0.394 e. The second kappa shape index (κ2) is 10.1. The second-order valence-corrected chi connectivity index (χ2v) is 9.65. The van der Waals surface area contributed by atoms with Crippen LogP contribution in [0.5, 0.6) is 0 Å². The van der Waals surface area contributed by atoms with Crippen molar-refractivity contribution in [1.82, 2.24) is 0 Å². The number of hydrogen-bond acceptors (Lipinski definition) is 12. The topological polar surface area (TPSA) is 200 Å². The first-order chi connectivity index (χ1) is 12.3. The molecule has 12 nitrogen and oxygen atoms in total. The first-order valence-electron chi connectivity index (χ1n) is 7.40. The van der Waals surface area contributed by atoms with E-state index in [1.807, 2.05) is 0 Å². The Balaban J connectivity index is 2.90. The molecule has 1 heterocycles. The van der Waals surface area contributed by atoms with Crippen molar-refractivity contribution in [2.24, 2.45) is 5.16 Å². The van der Waals surface area contributed by atoms with Crippen LogP contribution in [-0.4, -0.2) is 89.6 Å². The van der Waals surface area contributed by atoms with Crippen LogP contribution in [0.4, 0.5) is 0 Å². The number of ether oxygens (including phenoxy) is 1. The van der Waals surface area contributed by atoms with Crippen LogP contribution in [0.15, 0.2) is 16.6 Å².